The number of amides is 1. The standard InChI is InChI=1S/C16H12F2N2O.C4H9N.CH5N/c1-19-16(21)15-13(9-5-7-10(17)8-6-9)11-3-2-4-12(18)14(11)20-15;1-2-4-5-3-1;1-2/h2-8,20H,1H3,(H,19,21);5H,1-4H2;2H2,1H3. The SMILES string of the molecule is C1CCNC1.CN.CNC(=O)c1[nH]c2c(F)cccc2c1-c1ccc(F)cc1. The molecule has 4 rings (SSSR count). The number of carbonyl (C=O) groups is 1. The topological polar surface area (TPSA) is 82.9 Å². The van der Waals surface area contributed by atoms with E-state index in [1.807, 2.05) is 0 Å². The van der Waals surface area contributed by atoms with Crippen molar-refractivity contribution in [1.29, 1.82) is 0 Å². The van der Waals surface area contributed by atoms with Crippen LogP contribution in [0, 0.1) is 11.6 Å². The molecule has 0 unspecified atom stereocenters. The smallest absolute Gasteiger partial charge is 0.268 e. The number of halogens is 2. The minimum atomic E-state index is -0.439. The molecule has 0 spiro atoms. The van der Waals surface area contributed by atoms with Gasteiger partial charge in [-0.3, -0.25) is 4.79 Å². The Bertz CT molecular complexity index is 895. The zero-order valence-electron chi connectivity index (χ0n) is 16.1. The van der Waals surface area contributed by atoms with Gasteiger partial charge in [0.1, 0.15) is 17.3 Å². The number of aromatic nitrogens is 1. The van der Waals surface area contributed by atoms with Crippen LogP contribution in [0.1, 0.15) is 23.3 Å². The van der Waals surface area contributed by atoms with Crippen molar-refractivity contribution in [2.75, 3.05) is 27.2 Å². The van der Waals surface area contributed by atoms with Gasteiger partial charge in [0.15, 0.2) is 0 Å². The second-order valence-electron chi connectivity index (χ2n) is 6.08. The normalized spacial score (nSPS) is 12.6. The van der Waals surface area contributed by atoms with Crippen molar-refractivity contribution in [3.63, 3.8) is 0 Å². The summed E-state index contributed by atoms with van der Waals surface area (Å²) < 4.78 is 27.0. The van der Waals surface area contributed by atoms with E-state index < -0.39 is 5.82 Å². The molecule has 0 radical (unpaired) electrons. The van der Waals surface area contributed by atoms with E-state index in [9.17, 15) is 13.6 Å². The maximum Gasteiger partial charge on any atom is 0.268 e. The van der Waals surface area contributed by atoms with Gasteiger partial charge < -0.3 is 21.4 Å². The van der Waals surface area contributed by atoms with Crippen LogP contribution in [0.4, 0.5) is 8.78 Å². The summed E-state index contributed by atoms with van der Waals surface area (Å²) in [5.41, 5.74) is 6.22. The number of hydrogen-bond acceptors (Lipinski definition) is 3. The second-order valence-corrected chi connectivity index (χ2v) is 6.08. The Morgan fingerprint density at radius 1 is 1.04 bits per heavy atom. The molecule has 5 nitrogen and oxygen atoms in total. The maximum absolute atomic E-state index is 13.9. The first kappa shape index (κ1) is 21.5. The number of nitrogens with two attached hydrogens (primary N) is 1. The molecule has 1 saturated heterocycles. The average molecular weight is 388 g/mol. The molecule has 0 bridgehead atoms. The number of benzene rings is 2. The fourth-order valence-electron chi connectivity index (χ4n) is 3.02. The van der Waals surface area contributed by atoms with Crippen molar-refractivity contribution in [2.45, 2.75) is 12.8 Å². The van der Waals surface area contributed by atoms with Crippen LogP contribution < -0.4 is 16.4 Å². The van der Waals surface area contributed by atoms with Crippen molar-refractivity contribution in [3.05, 3.63) is 59.8 Å². The van der Waals surface area contributed by atoms with Crippen LogP contribution in [0.25, 0.3) is 22.0 Å². The molecule has 2 heterocycles. The molecule has 0 saturated carbocycles. The molecule has 3 aromatic rings. The van der Waals surface area contributed by atoms with Crippen molar-refractivity contribution >= 4 is 16.8 Å². The number of fused-ring (bicyclic) bond motifs is 1. The van der Waals surface area contributed by atoms with Crippen LogP contribution in [-0.4, -0.2) is 38.1 Å². The van der Waals surface area contributed by atoms with Gasteiger partial charge in [-0.1, -0.05) is 24.3 Å². The van der Waals surface area contributed by atoms with Crippen LogP contribution >= 0.6 is 0 Å². The summed E-state index contributed by atoms with van der Waals surface area (Å²) in [5, 5.41) is 6.32. The van der Waals surface area contributed by atoms with E-state index >= 15 is 0 Å². The van der Waals surface area contributed by atoms with Gasteiger partial charge in [0.2, 0.25) is 0 Å². The number of H-pyrrole nitrogens is 1. The largest absolute Gasteiger partial charge is 0.354 e. The average Bonchev–Trinajstić information content (AvgIpc) is 3.42. The lowest BCUT2D eigenvalue weighted by molar-refractivity contribution is 0.0959. The number of hydrogen-bond donors (Lipinski definition) is 4. The van der Waals surface area contributed by atoms with Crippen LogP contribution in [0.15, 0.2) is 42.5 Å². The van der Waals surface area contributed by atoms with Gasteiger partial charge in [0.25, 0.3) is 5.91 Å². The van der Waals surface area contributed by atoms with E-state index in [1.54, 1.807) is 24.3 Å². The molecule has 1 amide bonds. The maximum atomic E-state index is 13.9. The van der Waals surface area contributed by atoms with Crippen LogP contribution in [0.2, 0.25) is 0 Å². The van der Waals surface area contributed by atoms with Crippen LogP contribution in [0.3, 0.4) is 0 Å². The van der Waals surface area contributed by atoms with E-state index in [4.69, 9.17) is 0 Å². The van der Waals surface area contributed by atoms with Crippen molar-refractivity contribution in [3.8, 4) is 11.1 Å². The monoisotopic (exact) mass is 388 g/mol. The summed E-state index contributed by atoms with van der Waals surface area (Å²) in [6, 6.07) is 10.4. The number of rotatable bonds is 2. The first-order valence-corrected chi connectivity index (χ1v) is 9.18. The van der Waals surface area contributed by atoms with Crippen molar-refractivity contribution < 1.29 is 13.6 Å². The summed E-state index contributed by atoms with van der Waals surface area (Å²) in [4.78, 5) is 14.8. The van der Waals surface area contributed by atoms with E-state index in [0.29, 0.717) is 16.5 Å². The van der Waals surface area contributed by atoms with Crippen LogP contribution in [0.5, 0.6) is 0 Å². The summed E-state index contributed by atoms with van der Waals surface area (Å²) in [7, 11) is 3.00. The highest BCUT2D eigenvalue weighted by Crippen LogP contribution is 2.33. The quantitative estimate of drug-likeness (QED) is 0.543. The minimum absolute atomic E-state index is 0.254. The molecule has 0 aliphatic carbocycles. The minimum Gasteiger partial charge on any atom is -0.354 e. The molecule has 150 valence electrons. The Hall–Kier alpha value is -2.77. The molecule has 1 aromatic heterocycles. The third-order valence-electron chi connectivity index (χ3n) is 4.33. The number of para-hydroxylation sites is 1. The third-order valence-corrected chi connectivity index (χ3v) is 4.33. The van der Waals surface area contributed by atoms with E-state index in [0.717, 1.165) is 0 Å². The number of nitrogens with one attached hydrogen (secondary N) is 3. The summed E-state index contributed by atoms with van der Waals surface area (Å²) in [6.07, 6.45) is 2.78. The number of aromatic amines is 1. The highest BCUT2D eigenvalue weighted by molar-refractivity contribution is 6.09. The number of carbonyl (C=O) groups excluding carboxylic acids is 1. The van der Waals surface area contributed by atoms with Gasteiger partial charge in [0.05, 0.1) is 5.52 Å². The molecule has 1 fully saturated rings. The Morgan fingerprint density at radius 2 is 1.68 bits per heavy atom. The highest BCUT2D eigenvalue weighted by Gasteiger charge is 2.19. The first-order chi connectivity index (χ1) is 13.6. The molecular formula is C21H26F2N4O. The molecule has 28 heavy (non-hydrogen) atoms. The van der Waals surface area contributed by atoms with Gasteiger partial charge in [-0.15, -0.1) is 0 Å². The molecule has 5 N–H and O–H groups in total. The fourth-order valence-corrected chi connectivity index (χ4v) is 3.02. The molecule has 1 aliphatic rings. The van der Waals surface area contributed by atoms with Crippen molar-refractivity contribution in [2.24, 2.45) is 5.73 Å². The molecule has 7 heteroatoms. The van der Waals surface area contributed by atoms with Gasteiger partial charge >= 0.3 is 0 Å². The zero-order chi connectivity index (χ0) is 20.5. The molecule has 0 atom stereocenters. The Kier molecular flexibility index (Phi) is 8.10. The lowest BCUT2D eigenvalue weighted by atomic mass is 10.0. The fraction of sp³-hybridized carbons (Fsp3) is 0.286. The van der Waals surface area contributed by atoms with E-state index in [1.165, 1.54) is 58.2 Å². The van der Waals surface area contributed by atoms with E-state index in [2.05, 4.69) is 21.4 Å². The molecule has 1 aliphatic heterocycles. The molecule has 2 aromatic carbocycles. The predicted molar refractivity (Wildman–Crippen MR) is 109 cm³/mol. The summed E-state index contributed by atoms with van der Waals surface area (Å²) in [6.45, 7) is 2.50. The van der Waals surface area contributed by atoms with Gasteiger partial charge in [0, 0.05) is 18.0 Å². The zero-order valence-corrected chi connectivity index (χ0v) is 16.1. The Balaban J connectivity index is 0.000000342. The van der Waals surface area contributed by atoms with Gasteiger partial charge in [-0.05, 0) is 56.7 Å². The van der Waals surface area contributed by atoms with Gasteiger partial charge in [-0.2, -0.15) is 0 Å². The summed E-state index contributed by atoms with van der Waals surface area (Å²) in [5.74, 6) is -1.16. The Labute approximate surface area is 163 Å². The Morgan fingerprint density at radius 3 is 2.21 bits per heavy atom. The third kappa shape index (κ3) is 4.94. The predicted octanol–water partition coefficient (Wildman–Crippen LogP) is 3.42. The molecular weight excluding hydrogens is 362 g/mol. The van der Waals surface area contributed by atoms with Gasteiger partial charge in [-0.25, -0.2) is 8.78 Å². The highest BCUT2D eigenvalue weighted by atomic mass is 19.1. The first-order valence-electron chi connectivity index (χ1n) is 9.18. The van der Waals surface area contributed by atoms with Crippen LogP contribution in [-0.2, 0) is 0 Å². The lowest BCUT2D eigenvalue weighted by Gasteiger charge is -2.04. The van der Waals surface area contributed by atoms with E-state index in [-0.39, 0.29) is 22.9 Å². The second kappa shape index (κ2) is 10.5. The van der Waals surface area contributed by atoms with Crippen molar-refractivity contribution in [1.82, 2.24) is 15.6 Å². The lowest BCUT2D eigenvalue weighted by Crippen LogP contribution is -2.18. The summed E-state index contributed by atoms with van der Waals surface area (Å²) >= 11 is 0.